The quantitative estimate of drug-likeness (QED) is 0.384. The fourth-order valence-corrected chi connectivity index (χ4v) is 3.14. The molecule has 0 unspecified atom stereocenters. The van der Waals surface area contributed by atoms with Gasteiger partial charge in [-0.15, -0.1) is 0 Å². The molecule has 0 saturated carbocycles. The van der Waals surface area contributed by atoms with Crippen molar-refractivity contribution >= 4 is 17.2 Å². The highest BCUT2D eigenvalue weighted by atomic mass is 19.4. The molecule has 0 aliphatic rings. The van der Waals surface area contributed by atoms with Crippen LogP contribution in [0.5, 0.6) is 0 Å². The maximum atomic E-state index is 14.6. The van der Waals surface area contributed by atoms with Gasteiger partial charge in [0.1, 0.15) is 11.6 Å². The number of fused-ring (bicyclic) bond motifs is 1. The summed E-state index contributed by atoms with van der Waals surface area (Å²) < 4.78 is 70.1. The second-order valence-electron chi connectivity index (χ2n) is 8.56. The number of carbonyl (C=O) groups excluding carboxylic acids is 1. The second-order valence-corrected chi connectivity index (χ2v) is 8.56. The van der Waals surface area contributed by atoms with Gasteiger partial charge in [-0.3, -0.25) is 9.78 Å². The fraction of sp³-hybridized carbons (Fsp3) is 0.217. The molecule has 0 atom stereocenters. The van der Waals surface area contributed by atoms with E-state index in [2.05, 4.69) is 20.4 Å². The van der Waals surface area contributed by atoms with Gasteiger partial charge in [0.05, 0.1) is 23.3 Å². The van der Waals surface area contributed by atoms with Crippen LogP contribution in [0.1, 0.15) is 26.5 Å². The SMILES string of the molecule is CC(C)(C)C(=O)Nc1cc(-c2cn3nc(-c4cccnc4C(F)(F)F)ccc3n2)c(F)cc1F. The number of imidazole rings is 1. The van der Waals surface area contributed by atoms with Crippen molar-refractivity contribution in [2.45, 2.75) is 26.9 Å². The maximum Gasteiger partial charge on any atom is 0.434 e. The molecule has 0 aliphatic heterocycles. The van der Waals surface area contributed by atoms with Crippen molar-refractivity contribution in [1.29, 1.82) is 0 Å². The Morgan fingerprint density at radius 2 is 1.71 bits per heavy atom. The molecule has 1 N–H and O–H groups in total. The number of benzene rings is 1. The molecule has 3 heterocycles. The molecule has 1 aromatic carbocycles. The summed E-state index contributed by atoms with van der Waals surface area (Å²) in [4.78, 5) is 19.9. The lowest BCUT2D eigenvalue weighted by atomic mass is 9.95. The van der Waals surface area contributed by atoms with Gasteiger partial charge in [0.25, 0.3) is 0 Å². The van der Waals surface area contributed by atoms with Crippen LogP contribution < -0.4 is 5.32 Å². The van der Waals surface area contributed by atoms with E-state index in [1.807, 2.05) is 0 Å². The molecule has 4 aromatic rings. The van der Waals surface area contributed by atoms with Crippen LogP contribution >= 0.6 is 0 Å². The van der Waals surface area contributed by atoms with E-state index in [1.54, 1.807) is 20.8 Å². The van der Waals surface area contributed by atoms with Crippen molar-refractivity contribution in [2.24, 2.45) is 5.41 Å². The lowest BCUT2D eigenvalue weighted by molar-refractivity contribution is -0.140. The molecule has 11 heteroatoms. The zero-order valence-electron chi connectivity index (χ0n) is 18.2. The standard InChI is InChI=1S/C23H18F5N5O/c1-22(2,3)21(34)31-17-9-13(14(24)10-15(17)25)18-11-33-19(30-18)7-6-16(32-33)12-5-4-8-29-20(12)23(26,27)28/h4-11H,1-3H3,(H,31,34). The van der Waals surface area contributed by atoms with Crippen molar-refractivity contribution in [2.75, 3.05) is 5.32 Å². The molecule has 34 heavy (non-hydrogen) atoms. The van der Waals surface area contributed by atoms with Crippen LogP contribution in [0.2, 0.25) is 0 Å². The van der Waals surface area contributed by atoms with Crippen LogP contribution in [-0.2, 0) is 11.0 Å². The minimum Gasteiger partial charge on any atom is -0.323 e. The van der Waals surface area contributed by atoms with Crippen molar-refractivity contribution in [3.8, 4) is 22.5 Å². The summed E-state index contributed by atoms with van der Waals surface area (Å²) in [5.74, 6) is -2.36. The van der Waals surface area contributed by atoms with Gasteiger partial charge in [-0.05, 0) is 30.3 Å². The van der Waals surface area contributed by atoms with Gasteiger partial charge in [0, 0.05) is 28.8 Å². The largest absolute Gasteiger partial charge is 0.434 e. The zero-order valence-corrected chi connectivity index (χ0v) is 18.2. The Morgan fingerprint density at radius 3 is 2.38 bits per heavy atom. The summed E-state index contributed by atoms with van der Waals surface area (Å²) in [6.07, 6.45) is -2.35. The first-order valence-electron chi connectivity index (χ1n) is 10.0. The van der Waals surface area contributed by atoms with E-state index in [4.69, 9.17) is 0 Å². The number of anilines is 1. The molecule has 4 rings (SSSR count). The Hall–Kier alpha value is -3.89. The number of aromatic nitrogens is 4. The van der Waals surface area contributed by atoms with Crippen LogP contribution in [0.3, 0.4) is 0 Å². The van der Waals surface area contributed by atoms with Gasteiger partial charge in [-0.25, -0.2) is 18.3 Å². The number of amides is 1. The normalized spacial score (nSPS) is 12.2. The highest BCUT2D eigenvalue weighted by Gasteiger charge is 2.36. The molecule has 0 radical (unpaired) electrons. The van der Waals surface area contributed by atoms with E-state index in [-0.39, 0.29) is 33.8 Å². The van der Waals surface area contributed by atoms with Crippen molar-refractivity contribution in [3.05, 3.63) is 66.1 Å². The second kappa shape index (κ2) is 8.15. The van der Waals surface area contributed by atoms with Gasteiger partial charge in [-0.1, -0.05) is 20.8 Å². The van der Waals surface area contributed by atoms with Crippen molar-refractivity contribution in [3.63, 3.8) is 0 Å². The van der Waals surface area contributed by atoms with Gasteiger partial charge in [0.2, 0.25) is 5.91 Å². The number of hydrogen-bond acceptors (Lipinski definition) is 4. The number of nitrogens with one attached hydrogen (secondary N) is 1. The summed E-state index contributed by atoms with van der Waals surface area (Å²) in [7, 11) is 0. The summed E-state index contributed by atoms with van der Waals surface area (Å²) in [5, 5.41) is 6.59. The predicted octanol–water partition coefficient (Wildman–Crippen LogP) is 5.74. The van der Waals surface area contributed by atoms with Crippen LogP contribution in [-0.4, -0.2) is 25.5 Å². The highest BCUT2D eigenvalue weighted by Crippen LogP contribution is 2.35. The van der Waals surface area contributed by atoms with Gasteiger partial charge in [0.15, 0.2) is 11.3 Å². The average molecular weight is 475 g/mol. The number of alkyl halides is 3. The lowest BCUT2D eigenvalue weighted by Crippen LogP contribution is -2.28. The average Bonchev–Trinajstić information content (AvgIpc) is 3.17. The number of rotatable bonds is 3. The number of halogens is 5. The van der Waals surface area contributed by atoms with E-state index in [9.17, 15) is 26.7 Å². The molecule has 0 aliphatic carbocycles. The summed E-state index contributed by atoms with van der Waals surface area (Å²) in [5.41, 5.74) is -2.22. The van der Waals surface area contributed by atoms with Gasteiger partial charge < -0.3 is 5.32 Å². The van der Waals surface area contributed by atoms with Crippen LogP contribution in [0.4, 0.5) is 27.6 Å². The number of hydrogen-bond donors (Lipinski definition) is 1. The maximum absolute atomic E-state index is 14.6. The number of nitrogens with zero attached hydrogens (tertiary/aromatic N) is 4. The Balaban J connectivity index is 1.77. The predicted molar refractivity (Wildman–Crippen MR) is 115 cm³/mol. The monoisotopic (exact) mass is 475 g/mol. The van der Waals surface area contributed by atoms with Crippen LogP contribution in [0.25, 0.3) is 28.2 Å². The third-order valence-electron chi connectivity index (χ3n) is 4.93. The molecule has 1 amide bonds. The molecule has 0 bridgehead atoms. The van der Waals surface area contributed by atoms with Gasteiger partial charge in [-0.2, -0.15) is 18.3 Å². The Morgan fingerprint density at radius 1 is 0.971 bits per heavy atom. The molecular formula is C23H18F5N5O. The third kappa shape index (κ3) is 4.45. The van der Waals surface area contributed by atoms with Crippen LogP contribution in [0.15, 0.2) is 48.8 Å². The van der Waals surface area contributed by atoms with Crippen molar-refractivity contribution in [1.82, 2.24) is 19.6 Å². The first kappa shape index (κ1) is 23.3. The van der Waals surface area contributed by atoms with Crippen molar-refractivity contribution < 1.29 is 26.7 Å². The van der Waals surface area contributed by atoms with E-state index >= 15 is 0 Å². The topological polar surface area (TPSA) is 72.2 Å². The minimum atomic E-state index is -4.68. The smallest absolute Gasteiger partial charge is 0.323 e. The summed E-state index contributed by atoms with van der Waals surface area (Å²) >= 11 is 0. The third-order valence-corrected chi connectivity index (χ3v) is 4.93. The highest BCUT2D eigenvalue weighted by molar-refractivity contribution is 5.95. The van der Waals surface area contributed by atoms with E-state index in [1.165, 1.54) is 35.0 Å². The molecule has 0 fully saturated rings. The van der Waals surface area contributed by atoms with E-state index in [0.717, 1.165) is 12.3 Å². The Bertz CT molecular complexity index is 1410. The Kier molecular flexibility index (Phi) is 5.58. The first-order chi connectivity index (χ1) is 15.8. The molecule has 3 aromatic heterocycles. The molecule has 0 spiro atoms. The van der Waals surface area contributed by atoms with Gasteiger partial charge >= 0.3 is 6.18 Å². The van der Waals surface area contributed by atoms with Crippen LogP contribution in [0, 0.1) is 17.0 Å². The fourth-order valence-electron chi connectivity index (χ4n) is 3.14. The number of pyridine rings is 1. The lowest BCUT2D eigenvalue weighted by Gasteiger charge is -2.18. The molecule has 6 nitrogen and oxygen atoms in total. The Labute approximate surface area is 190 Å². The molecular weight excluding hydrogens is 457 g/mol. The summed E-state index contributed by atoms with van der Waals surface area (Å²) in [6.45, 7) is 4.92. The molecule has 0 saturated heterocycles. The first-order valence-corrected chi connectivity index (χ1v) is 10.0. The molecule has 176 valence electrons. The summed E-state index contributed by atoms with van der Waals surface area (Å²) in [6, 6.07) is 7.10. The van der Waals surface area contributed by atoms with E-state index < -0.39 is 34.8 Å². The zero-order chi connectivity index (χ0) is 24.8. The number of carbonyl (C=O) groups is 1. The minimum absolute atomic E-state index is 0.0189. The van der Waals surface area contributed by atoms with E-state index in [0.29, 0.717) is 6.07 Å².